The zero-order chi connectivity index (χ0) is 102. The zero-order valence-electron chi connectivity index (χ0n) is 83.9. The van der Waals surface area contributed by atoms with Gasteiger partial charge in [-0.3, -0.25) is 43.8 Å². The van der Waals surface area contributed by atoms with E-state index in [-0.39, 0.29) is 87.1 Å². The quantitative estimate of drug-likeness (QED) is 0.0374. The highest BCUT2D eigenvalue weighted by molar-refractivity contribution is 6.02. The monoisotopic (exact) mass is 1990 g/mol. The molecule has 9 fully saturated rings. The lowest BCUT2D eigenvalue weighted by molar-refractivity contribution is -0.129. The molecule has 12 aromatic rings. The van der Waals surface area contributed by atoms with Crippen molar-refractivity contribution in [3.8, 4) is 68.3 Å². The van der Waals surface area contributed by atoms with Gasteiger partial charge in [-0.2, -0.15) is 15.3 Å². The van der Waals surface area contributed by atoms with Crippen LogP contribution in [0.5, 0.6) is 34.5 Å². The normalized spacial score (nSPS) is 19.8. The lowest BCUT2D eigenvalue weighted by atomic mass is 9.90. The molecule has 7 saturated heterocycles. The van der Waals surface area contributed by atoms with Gasteiger partial charge in [-0.05, 0) is 179 Å². The second-order valence-electron chi connectivity index (χ2n) is 40.9. The lowest BCUT2D eigenvalue weighted by Crippen LogP contribution is -2.59. The van der Waals surface area contributed by atoms with Gasteiger partial charge in [0.15, 0.2) is 16.9 Å². The van der Waals surface area contributed by atoms with Gasteiger partial charge >= 0.3 is 0 Å². The molecule has 21 rings (SSSR count). The fourth-order valence-electron chi connectivity index (χ4n) is 21.6. The van der Waals surface area contributed by atoms with Crippen LogP contribution < -0.4 is 31.4 Å². The van der Waals surface area contributed by atoms with E-state index in [4.69, 9.17) is 71.2 Å². The molecule has 9 aliphatic rings. The van der Waals surface area contributed by atoms with E-state index < -0.39 is 34.1 Å². The molecule has 1 unspecified atom stereocenters. The predicted molar refractivity (Wildman–Crippen MR) is 555 cm³/mol. The molecular weight excluding hydrogens is 1870 g/mol. The molecule has 6 aromatic carbocycles. The number of nitrogens with two attached hydrogens (primary N) is 3. The second-order valence-corrected chi connectivity index (χ2v) is 40.9. The van der Waals surface area contributed by atoms with Crippen molar-refractivity contribution in [2.75, 3.05) is 148 Å². The number of aromatic nitrogens is 12. The minimum Gasteiger partial charge on any atom is -0.457 e. The highest BCUT2D eigenvalue weighted by Gasteiger charge is 2.42. The maximum atomic E-state index is 15.7. The number of piperazine rings is 3. The smallest absolute Gasteiger partial charge is 0.252 e. The number of anilines is 3. The highest BCUT2D eigenvalue weighted by Crippen LogP contribution is 2.44. The average molecular weight is 1990 g/mol. The van der Waals surface area contributed by atoms with E-state index in [2.05, 4.69) is 115 Å². The first-order chi connectivity index (χ1) is 71.1. The van der Waals surface area contributed by atoms with Crippen LogP contribution in [0.2, 0.25) is 0 Å². The fourth-order valence-corrected chi connectivity index (χ4v) is 21.6. The van der Waals surface area contributed by atoms with Crippen molar-refractivity contribution in [1.82, 2.24) is 103 Å². The van der Waals surface area contributed by atoms with Crippen LogP contribution in [-0.4, -0.2) is 287 Å². The van der Waals surface area contributed by atoms with Gasteiger partial charge in [0.1, 0.15) is 105 Å². The number of ether oxygens (including phenoxy) is 4. The van der Waals surface area contributed by atoms with E-state index >= 15 is 13.2 Å². The second kappa shape index (κ2) is 44.0. The highest BCUT2D eigenvalue weighted by atomic mass is 19.1. The van der Waals surface area contributed by atoms with Crippen molar-refractivity contribution in [2.45, 2.75) is 171 Å². The number of piperidine rings is 3. The third-order valence-corrected chi connectivity index (χ3v) is 30.4. The third kappa shape index (κ3) is 22.1. The Balaban J connectivity index is 0.000000139. The minimum absolute atomic E-state index is 0.109. The number of likely N-dealkylation sites (tertiary alicyclic amines) is 3. The van der Waals surface area contributed by atoms with E-state index in [1.165, 1.54) is 75.7 Å². The van der Waals surface area contributed by atoms with E-state index in [1.807, 2.05) is 72.8 Å². The van der Waals surface area contributed by atoms with Gasteiger partial charge in [0.05, 0.1) is 73.3 Å². The van der Waals surface area contributed by atoms with Gasteiger partial charge in [-0.1, -0.05) is 85.7 Å². The number of nitrogens with zero attached hydrogens (tertiary/aromatic N) is 24. The summed E-state index contributed by atoms with van der Waals surface area (Å²) >= 11 is 0. The van der Waals surface area contributed by atoms with Crippen LogP contribution in [0.1, 0.15) is 137 Å². The summed E-state index contributed by atoms with van der Waals surface area (Å²) in [6, 6.07) is 42.5. The first-order valence-corrected chi connectivity index (χ1v) is 50.9. The molecule has 7 aliphatic heterocycles. The Morgan fingerprint density at radius 2 is 0.626 bits per heavy atom. The minimum atomic E-state index is -0.531. The number of nitrogen functional groups attached to an aromatic ring is 3. The Kier molecular flexibility index (Phi) is 30.2. The van der Waals surface area contributed by atoms with E-state index in [9.17, 15) is 14.4 Å². The molecule has 0 bridgehead atoms. The third-order valence-electron chi connectivity index (χ3n) is 30.4. The number of hydrogen-bond acceptors (Lipinski definition) is 25. The standard InChI is InChI=1S/2C37H42FN9O2.C36H40FN9O3/c2*1-37(2,46-19-17-44(18-20-46)25-9-7-10-25)22-31(40-3)36(48)45-16-8-11-26(23-45)47-35-32(34(39)41-24-42-35)33(43-47)29-15-14-28(21-30(29)38)49-27-12-5-4-6-13-27;1-36(2,45-16-14-43(15-17-45)25-21-48-22-25)19-30(39-3)35(47)44-13-7-8-24(20-44)46-34-31(33(38)40-23-41-34)32(42-46)28-12-11-27(18-29(28)37)49-26-9-5-4-6-10-26/h2*4-6,12-15,21-22,24-26H,7-11,16-20,23H2,1-2H3,(H2,39,41,42);4-6,9-12,18-19,23-25H,7-8,13-17,20-22H2,1-2H3,(H2,38,40,41)/t26-;;24-/m1.0/s1. The van der Waals surface area contributed by atoms with Gasteiger partial charge < -0.3 is 50.8 Å². The van der Waals surface area contributed by atoms with Crippen molar-refractivity contribution in [2.24, 2.45) is 0 Å². The largest absolute Gasteiger partial charge is 0.457 e. The molecule has 2 saturated carbocycles. The van der Waals surface area contributed by atoms with Crippen LogP contribution in [0, 0.1) is 37.2 Å². The Bertz CT molecular complexity index is 6380. The Labute approximate surface area is 853 Å². The van der Waals surface area contributed by atoms with Crippen LogP contribution >= 0.6 is 0 Å². The first kappa shape index (κ1) is 101. The molecule has 34 nitrogen and oxygen atoms in total. The summed E-state index contributed by atoms with van der Waals surface area (Å²) in [4.78, 5) is 98.7. The lowest BCUT2D eigenvalue weighted by Gasteiger charge is -2.47. The summed E-state index contributed by atoms with van der Waals surface area (Å²) in [5.41, 5.74) is 21.1. The van der Waals surface area contributed by atoms with Gasteiger partial charge in [0.2, 0.25) is 17.1 Å². The number of carbonyl (C=O) groups is 3. The summed E-state index contributed by atoms with van der Waals surface area (Å²) in [5.74, 6) is 0.942. The molecule has 762 valence electrons. The number of hydrogen-bond donors (Lipinski definition) is 3. The Morgan fingerprint density at radius 1 is 0.354 bits per heavy atom. The number of rotatable bonds is 24. The van der Waals surface area contributed by atoms with Crippen LogP contribution in [0.4, 0.5) is 30.6 Å². The van der Waals surface area contributed by atoms with Crippen molar-refractivity contribution in [1.29, 1.82) is 0 Å². The molecule has 13 heterocycles. The molecule has 3 atom stereocenters. The summed E-state index contributed by atoms with van der Waals surface area (Å²) < 4.78 is 75.1. The molecule has 6 N–H and O–H groups in total. The predicted octanol–water partition coefficient (Wildman–Crippen LogP) is 16.6. The zero-order valence-corrected chi connectivity index (χ0v) is 83.9. The number of amides is 3. The van der Waals surface area contributed by atoms with E-state index in [0.717, 1.165) is 123 Å². The molecule has 0 radical (unpaired) electrons. The summed E-state index contributed by atoms with van der Waals surface area (Å²) in [6.07, 6.45) is 21.7. The van der Waals surface area contributed by atoms with Gasteiger partial charge in [-0.15, -0.1) is 0 Å². The molecule has 6 aromatic heterocycles. The number of benzene rings is 6. The van der Waals surface area contributed by atoms with Crippen molar-refractivity contribution in [3.05, 3.63) is 252 Å². The SMILES string of the molecule is [C-]#[N+]C(=CC(C)(C)N1CCN(C2CCC2)CC1)C(=O)N1CCCC(n2nc(-c3ccc(Oc4ccccc4)cc3F)c3c(N)ncnc32)C1.[C-]#[N+]C(=CC(C)(C)N1CCN(C2CCC2)CC1)C(=O)N1CCC[C@@H](n2nc(-c3ccc(Oc4ccccc4)cc3F)c3c(N)ncnc32)C1.[C-]#[N+]C(=CC(C)(C)N1CCN(C2COC2)CC1)C(=O)N1CCC[C@H](n2nc(-c3ccc(Oc4ccccc4)cc3F)c3c(N)ncnc32)C1. The molecular formula is C110H124F3N27O7. The maximum Gasteiger partial charge on any atom is 0.252 e. The van der Waals surface area contributed by atoms with Gasteiger partial charge in [0.25, 0.3) is 17.7 Å². The van der Waals surface area contributed by atoms with Crippen LogP contribution in [0.15, 0.2) is 200 Å². The number of halogens is 3. The summed E-state index contributed by atoms with van der Waals surface area (Å²) in [5, 5.41) is 15.9. The molecule has 147 heavy (non-hydrogen) atoms. The molecule has 37 heteroatoms. The van der Waals surface area contributed by atoms with E-state index in [0.29, 0.717) is 149 Å². The number of fused-ring (bicyclic) bond motifs is 3. The van der Waals surface area contributed by atoms with Crippen LogP contribution in [0.25, 0.3) is 81.4 Å². The summed E-state index contributed by atoms with van der Waals surface area (Å²) in [7, 11) is 0. The van der Waals surface area contributed by atoms with Gasteiger partial charge in [-0.25, -0.2) is 71.7 Å². The molecule has 2 aliphatic carbocycles. The number of para-hydroxylation sites is 3. The van der Waals surface area contributed by atoms with E-state index in [1.54, 1.807) is 102 Å². The van der Waals surface area contributed by atoms with Crippen molar-refractivity contribution >= 4 is 68.3 Å². The topological polar surface area (TPSA) is 339 Å². The van der Waals surface area contributed by atoms with Crippen molar-refractivity contribution in [3.63, 3.8) is 0 Å². The van der Waals surface area contributed by atoms with Gasteiger partial charge in [0, 0.05) is 181 Å². The maximum absolute atomic E-state index is 15.7. The average Bonchev–Trinajstić information content (AvgIpc) is 1.61. The fraction of sp³-hybridized carbons (Fsp3) is 0.427. The van der Waals surface area contributed by atoms with Crippen molar-refractivity contribution < 1.29 is 46.5 Å². The number of carbonyl (C=O) groups excluding carboxylic acids is 3. The van der Waals surface area contributed by atoms with Crippen LogP contribution in [-0.2, 0) is 19.1 Å². The molecule has 3 amide bonds. The van der Waals surface area contributed by atoms with Crippen LogP contribution in [0.3, 0.4) is 0 Å². The first-order valence-electron chi connectivity index (χ1n) is 50.9. The Morgan fingerprint density at radius 3 is 0.871 bits per heavy atom. The summed E-state index contributed by atoms with van der Waals surface area (Å²) in [6.45, 7) is 51.8. The molecule has 0 spiro atoms. The Hall–Kier alpha value is -14.6.